The number of furan rings is 1. The Morgan fingerprint density at radius 1 is 1.32 bits per heavy atom. The molecule has 0 radical (unpaired) electrons. The van der Waals surface area contributed by atoms with Crippen molar-refractivity contribution in [3.63, 3.8) is 0 Å². The van der Waals surface area contributed by atoms with Crippen LogP contribution in [0, 0.1) is 0 Å². The monoisotopic (exact) mass is 366 g/mol. The van der Waals surface area contributed by atoms with Crippen molar-refractivity contribution in [3.8, 4) is 0 Å². The molecule has 0 aliphatic carbocycles. The normalized spacial score (nSPS) is 12.7. The molecule has 0 fully saturated rings. The smallest absolute Gasteiger partial charge is 0.337 e. The molecule has 0 saturated carbocycles. The molecular weight excluding hydrogens is 344 g/mol. The number of carboxylic acid groups (broad SMARTS) is 1. The molecule has 2 aromatic rings. The van der Waals surface area contributed by atoms with E-state index in [-0.39, 0.29) is 16.5 Å². The average Bonchev–Trinajstić information content (AvgIpc) is 3.05. The third-order valence-electron chi connectivity index (χ3n) is 3.64. The summed E-state index contributed by atoms with van der Waals surface area (Å²) < 4.78 is 32.6. The predicted molar refractivity (Wildman–Crippen MR) is 94.1 cm³/mol. The van der Waals surface area contributed by atoms with E-state index in [9.17, 15) is 18.3 Å². The second-order valence-electron chi connectivity index (χ2n) is 5.76. The van der Waals surface area contributed by atoms with E-state index in [0.29, 0.717) is 24.4 Å². The molecule has 0 bridgehead atoms. The predicted octanol–water partition coefficient (Wildman–Crippen LogP) is 3.06. The molecular formula is C17H22N2O5S. The summed E-state index contributed by atoms with van der Waals surface area (Å²) in [5.74, 6) is -0.566. The molecule has 3 N–H and O–H groups in total. The molecule has 0 saturated heterocycles. The van der Waals surface area contributed by atoms with Crippen molar-refractivity contribution in [3.05, 3.63) is 47.9 Å². The van der Waals surface area contributed by atoms with Crippen molar-refractivity contribution in [2.45, 2.75) is 44.2 Å². The van der Waals surface area contributed by atoms with Gasteiger partial charge in [0.2, 0.25) is 10.0 Å². The van der Waals surface area contributed by atoms with Gasteiger partial charge in [0.1, 0.15) is 5.76 Å². The van der Waals surface area contributed by atoms with Gasteiger partial charge in [0.25, 0.3) is 0 Å². The van der Waals surface area contributed by atoms with Gasteiger partial charge in [-0.05, 0) is 43.7 Å². The first-order chi connectivity index (χ1) is 11.8. The summed E-state index contributed by atoms with van der Waals surface area (Å²) in [5.41, 5.74) is 0.210. The number of rotatable bonds is 9. The number of aromatic carboxylic acids is 1. The summed E-state index contributed by atoms with van der Waals surface area (Å²) >= 11 is 0. The van der Waals surface area contributed by atoms with E-state index in [1.54, 1.807) is 19.1 Å². The van der Waals surface area contributed by atoms with Gasteiger partial charge in [0.05, 0.1) is 23.3 Å². The molecule has 1 unspecified atom stereocenters. The van der Waals surface area contributed by atoms with E-state index in [0.717, 1.165) is 12.5 Å². The lowest BCUT2D eigenvalue weighted by Gasteiger charge is -2.15. The molecule has 7 nitrogen and oxygen atoms in total. The van der Waals surface area contributed by atoms with Crippen LogP contribution in [-0.2, 0) is 16.6 Å². The van der Waals surface area contributed by atoms with Gasteiger partial charge in [-0.3, -0.25) is 0 Å². The van der Waals surface area contributed by atoms with Crippen LogP contribution in [0.5, 0.6) is 0 Å². The molecule has 1 aromatic heterocycles. The summed E-state index contributed by atoms with van der Waals surface area (Å²) in [7, 11) is -3.77. The lowest BCUT2D eigenvalue weighted by molar-refractivity contribution is 0.0697. The molecule has 25 heavy (non-hydrogen) atoms. The van der Waals surface area contributed by atoms with Crippen molar-refractivity contribution >= 4 is 21.7 Å². The minimum Gasteiger partial charge on any atom is -0.478 e. The molecule has 0 aliphatic rings. The second kappa shape index (κ2) is 8.17. The van der Waals surface area contributed by atoms with Crippen molar-refractivity contribution in [1.29, 1.82) is 0 Å². The highest BCUT2D eigenvalue weighted by Crippen LogP contribution is 2.22. The third-order valence-corrected chi connectivity index (χ3v) is 5.23. The Hall–Kier alpha value is -2.32. The maximum atomic E-state index is 12.4. The van der Waals surface area contributed by atoms with E-state index in [1.807, 2.05) is 6.92 Å². The Bertz CT molecular complexity index is 816. The van der Waals surface area contributed by atoms with Crippen LogP contribution in [-0.4, -0.2) is 25.5 Å². The Balaban J connectivity index is 2.24. The number of hydrogen-bond donors (Lipinski definition) is 3. The molecule has 0 spiro atoms. The summed E-state index contributed by atoms with van der Waals surface area (Å²) in [6.07, 6.45) is 3.07. The van der Waals surface area contributed by atoms with Gasteiger partial charge in [-0.15, -0.1) is 0 Å². The lowest BCUT2D eigenvalue weighted by atomic mass is 10.2. The number of nitrogens with one attached hydrogen (secondary N) is 2. The van der Waals surface area contributed by atoms with Gasteiger partial charge < -0.3 is 14.8 Å². The van der Waals surface area contributed by atoms with Crippen molar-refractivity contribution in [1.82, 2.24) is 4.72 Å². The van der Waals surface area contributed by atoms with Crippen LogP contribution in [0.4, 0.5) is 5.69 Å². The van der Waals surface area contributed by atoms with E-state index in [1.165, 1.54) is 18.4 Å². The molecule has 2 rings (SSSR count). The largest absolute Gasteiger partial charge is 0.478 e. The van der Waals surface area contributed by atoms with Gasteiger partial charge in [0, 0.05) is 11.7 Å². The summed E-state index contributed by atoms with van der Waals surface area (Å²) in [5, 5.41) is 12.3. The Morgan fingerprint density at radius 2 is 2.08 bits per heavy atom. The van der Waals surface area contributed by atoms with E-state index in [4.69, 9.17) is 4.42 Å². The van der Waals surface area contributed by atoms with Gasteiger partial charge in [-0.1, -0.05) is 13.3 Å². The molecule has 1 aromatic carbocycles. The van der Waals surface area contributed by atoms with Gasteiger partial charge in [-0.25, -0.2) is 17.9 Å². The van der Waals surface area contributed by atoms with Gasteiger partial charge in [-0.2, -0.15) is 0 Å². The number of hydrogen-bond acceptors (Lipinski definition) is 5. The van der Waals surface area contributed by atoms with Crippen molar-refractivity contribution in [2.24, 2.45) is 0 Å². The summed E-state index contributed by atoms with van der Waals surface area (Å²) in [6, 6.07) is 7.26. The quantitative estimate of drug-likeness (QED) is 0.629. The number of carbonyl (C=O) groups is 1. The first kappa shape index (κ1) is 19.0. The first-order valence-electron chi connectivity index (χ1n) is 7.99. The standard InChI is InChI=1S/C17H22N2O5S/c1-3-5-12(2)19-25(22,23)14-7-8-16(15(10-14)17(20)21)18-11-13-6-4-9-24-13/h4,6-10,12,18-19H,3,5,11H2,1-2H3,(H,20,21). The average molecular weight is 366 g/mol. The van der Waals surface area contributed by atoms with E-state index in [2.05, 4.69) is 10.0 Å². The fourth-order valence-electron chi connectivity index (χ4n) is 2.44. The number of sulfonamides is 1. The zero-order chi connectivity index (χ0) is 18.4. The molecule has 1 heterocycles. The topological polar surface area (TPSA) is 109 Å². The number of benzene rings is 1. The molecule has 1 atom stereocenters. The maximum Gasteiger partial charge on any atom is 0.337 e. The molecule has 0 aliphatic heterocycles. The van der Waals surface area contributed by atoms with E-state index >= 15 is 0 Å². The highest BCUT2D eigenvalue weighted by molar-refractivity contribution is 7.89. The molecule has 0 amide bonds. The van der Waals surface area contributed by atoms with Crippen LogP contribution in [0.1, 0.15) is 42.8 Å². The Kier molecular flexibility index (Phi) is 6.22. The summed E-state index contributed by atoms with van der Waals surface area (Å²) in [6.45, 7) is 4.04. The zero-order valence-corrected chi connectivity index (χ0v) is 15.0. The fraction of sp³-hybridized carbons (Fsp3) is 0.353. The number of carboxylic acids is 1. The van der Waals surface area contributed by atoms with Crippen LogP contribution >= 0.6 is 0 Å². The first-order valence-corrected chi connectivity index (χ1v) is 9.47. The van der Waals surface area contributed by atoms with Crippen LogP contribution in [0.15, 0.2) is 45.9 Å². The van der Waals surface area contributed by atoms with Crippen LogP contribution < -0.4 is 10.0 Å². The SMILES string of the molecule is CCCC(C)NS(=O)(=O)c1ccc(NCc2ccco2)c(C(=O)O)c1. The minimum absolute atomic E-state index is 0.0728. The Morgan fingerprint density at radius 3 is 2.68 bits per heavy atom. The van der Waals surface area contributed by atoms with Gasteiger partial charge in [0.15, 0.2) is 0 Å². The van der Waals surface area contributed by atoms with Crippen molar-refractivity contribution < 1.29 is 22.7 Å². The highest BCUT2D eigenvalue weighted by Gasteiger charge is 2.20. The van der Waals surface area contributed by atoms with Crippen LogP contribution in [0.25, 0.3) is 0 Å². The van der Waals surface area contributed by atoms with E-state index < -0.39 is 16.0 Å². The van der Waals surface area contributed by atoms with Gasteiger partial charge >= 0.3 is 5.97 Å². The van der Waals surface area contributed by atoms with Crippen molar-refractivity contribution in [2.75, 3.05) is 5.32 Å². The maximum absolute atomic E-state index is 12.4. The minimum atomic E-state index is -3.77. The number of anilines is 1. The highest BCUT2D eigenvalue weighted by atomic mass is 32.2. The fourth-order valence-corrected chi connectivity index (χ4v) is 3.75. The second-order valence-corrected chi connectivity index (χ2v) is 7.47. The zero-order valence-electron chi connectivity index (χ0n) is 14.2. The Labute approximate surface area is 147 Å². The molecule has 8 heteroatoms. The third kappa shape index (κ3) is 5.07. The lowest BCUT2D eigenvalue weighted by Crippen LogP contribution is -2.32. The van der Waals surface area contributed by atoms with Crippen LogP contribution in [0.3, 0.4) is 0 Å². The van der Waals surface area contributed by atoms with Crippen LogP contribution in [0.2, 0.25) is 0 Å². The molecule has 136 valence electrons. The summed E-state index contributed by atoms with van der Waals surface area (Å²) in [4.78, 5) is 11.4.